The highest BCUT2D eigenvalue weighted by molar-refractivity contribution is 5.92. The fourth-order valence-corrected chi connectivity index (χ4v) is 7.10. The Morgan fingerprint density at radius 2 is 1.86 bits per heavy atom. The SMILES string of the molecule is CN(CC1CCCCC1)[C@H]1C[C@H]2C(=O)NC3(CCN(Cc4ccc5c(c4)OCO5)CC3)CC(=O)N2C1. The number of nitrogens with one attached hydrogen (secondary N) is 1. The van der Waals surface area contributed by atoms with Gasteiger partial charge in [0.05, 0.1) is 12.0 Å². The van der Waals surface area contributed by atoms with Crippen LogP contribution in [0.3, 0.4) is 0 Å². The lowest BCUT2D eigenvalue weighted by Gasteiger charge is -2.41. The Hall–Kier alpha value is -2.32. The van der Waals surface area contributed by atoms with E-state index in [1.807, 2.05) is 11.0 Å². The van der Waals surface area contributed by atoms with Crippen LogP contribution < -0.4 is 14.8 Å². The number of hydrogen-bond donors (Lipinski definition) is 1. The third-order valence-electron chi connectivity index (χ3n) is 9.33. The molecule has 0 unspecified atom stereocenters. The molecule has 3 saturated heterocycles. The summed E-state index contributed by atoms with van der Waals surface area (Å²) >= 11 is 0. The molecule has 1 aromatic carbocycles. The lowest BCUT2D eigenvalue weighted by atomic mass is 9.83. The van der Waals surface area contributed by atoms with Crippen molar-refractivity contribution in [2.45, 2.75) is 82.0 Å². The van der Waals surface area contributed by atoms with Gasteiger partial charge in [0, 0.05) is 38.8 Å². The van der Waals surface area contributed by atoms with Crippen LogP contribution in [-0.4, -0.2) is 84.2 Å². The predicted octanol–water partition coefficient (Wildman–Crippen LogP) is 2.75. The number of amides is 2. The second kappa shape index (κ2) is 9.86. The van der Waals surface area contributed by atoms with Crippen LogP contribution in [0.25, 0.3) is 0 Å². The average Bonchev–Trinajstić information content (AvgIpc) is 3.52. The highest BCUT2D eigenvalue weighted by atomic mass is 16.7. The van der Waals surface area contributed by atoms with Crippen molar-refractivity contribution in [1.82, 2.24) is 20.0 Å². The van der Waals surface area contributed by atoms with E-state index < -0.39 is 5.54 Å². The maximum atomic E-state index is 13.4. The summed E-state index contributed by atoms with van der Waals surface area (Å²) in [5.74, 6) is 2.58. The van der Waals surface area contributed by atoms with Gasteiger partial charge in [-0.3, -0.25) is 14.5 Å². The summed E-state index contributed by atoms with van der Waals surface area (Å²) in [5.41, 5.74) is 0.785. The third kappa shape index (κ3) is 4.82. The van der Waals surface area contributed by atoms with E-state index in [0.29, 0.717) is 13.0 Å². The Kier molecular flexibility index (Phi) is 6.58. The number of carbonyl (C=O) groups excluding carboxylic acids is 2. The Balaban J connectivity index is 1.05. The topological polar surface area (TPSA) is 74.4 Å². The van der Waals surface area contributed by atoms with Gasteiger partial charge in [0.15, 0.2) is 11.5 Å². The van der Waals surface area contributed by atoms with Crippen molar-refractivity contribution in [2.75, 3.05) is 40.0 Å². The molecule has 4 heterocycles. The van der Waals surface area contributed by atoms with E-state index in [-0.39, 0.29) is 30.7 Å². The van der Waals surface area contributed by atoms with E-state index in [1.54, 1.807) is 0 Å². The van der Waals surface area contributed by atoms with E-state index in [9.17, 15) is 9.59 Å². The highest BCUT2D eigenvalue weighted by Crippen LogP contribution is 2.36. The quantitative estimate of drug-likeness (QED) is 0.676. The Morgan fingerprint density at radius 3 is 2.67 bits per heavy atom. The number of carbonyl (C=O) groups is 2. The molecule has 1 N–H and O–H groups in total. The van der Waals surface area contributed by atoms with Crippen molar-refractivity contribution >= 4 is 11.8 Å². The van der Waals surface area contributed by atoms with Crippen LogP contribution in [0.1, 0.15) is 63.4 Å². The fraction of sp³-hybridized carbons (Fsp3) is 0.714. The van der Waals surface area contributed by atoms with Crippen LogP contribution in [-0.2, 0) is 16.1 Å². The van der Waals surface area contributed by atoms with Crippen molar-refractivity contribution in [1.29, 1.82) is 0 Å². The third-order valence-corrected chi connectivity index (χ3v) is 9.33. The zero-order chi connectivity index (χ0) is 24.7. The molecule has 196 valence electrons. The van der Waals surface area contributed by atoms with Crippen molar-refractivity contribution in [3.63, 3.8) is 0 Å². The van der Waals surface area contributed by atoms with Crippen LogP contribution in [0, 0.1) is 5.92 Å². The Morgan fingerprint density at radius 1 is 1.08 bits per heavy atom. The number of likely N-dealkylation sites (N-methyl/N-ethyl adjacent to an activating group) is 1. The minimum atomic E-state index is -0.409. The van der Waals surface area contributed by atoms with Gasteiger partial charge in [0.1, 0.15) is 6.04 Å². The summed E-state index contributed by atoms with van der Waals surface area (Å²) < 4.78 is 10.9. The lowest BCUT2D eigenvalue weighted by Crippen LogP contribution is -2.56. The van der Waals surface area contributed by atoms with E-state index in [4.69, 9.17) is 9.47 Å². The summed E-state index contributed by atoms with van der Waals surface area (Å²) in [6.45, 7) is 4.61. The maximum Gasteiger partial charge on any atom is 0.243 e. The smallest absolute Gasteiger partial charge is 0.243 e. The Labute approximate surface area is 214 Å². The number of fused-ring (bicyclic) bond motifs is 2. The van der Waals surface area contributed by atoms with Gasteiger partial charge in [0.25, 0.3) is 0 Å². The molecular weight excluding hydrogens is 456 g/mol. The molecule has 8 heteroatoms. The summed E-state index contributed by atoms with van der Waals surface area (Å²) in [4.78, 5) is 33.5. The normalized spacial score (nSPS) is 28.4. The predicted molar refractivity (Wildman–Crippen MR) is 136 cm³/mol. The summed E-state index contributed by atoms with van der Waals surface area (Å²) in [6, 6.07) is 6.08. The van der Waals surface area contributed by atoms with Crippen LogP contribution in [0.5, 0.6) is 11.5 Å². The summed E-state index contributed by atoms with van der Waals surface area (Å²) in [7, 11) is 2.19. The van der Waals surface area contributed by atoms with E-state index >= 15 is 0 Å². The first-order valence-electron chi connectivity index (χ1n) is 13.9. The van der Waals surface area contributed by atoms with Gasteiger partial charge in [-0.1, -0.05) is 25.3 Å². The van der Waals surface area contributed by atoms with Crippen molar-refractivity contribution in [3.05, 3.63) is 23.8 Å². The van der Waals surface area contributed by atoms with Gasteiger partial charge in [-0.05, 0) is 62.8 Å². The van der Waals surface area contributed by atoms with Crippen molar-refractivity contribution in [3.8, 4) is 11.5 Å². The molecule has 1 aliphatic carbocycles. The Bertz CT molecular complexity index is 958. The van der Waals surface area contributed by atoms with Gasteiger partial charge in [-0.15, -0.1) is 0 Å². The molecule has 8 nitrogen and oxygen atoms in total. The van der Waals surface area contributed by atoms with Gasteiger partial charge in [-0.2, -0.15) is 0 Å². The van der Waals surface area contributed by atoms with Crippen LogP contribution in [0.15, 0.2) is 18.2 Å². The number of ether oxygens (including phenoxy) is 2. The molecule has 6 rings (SSSR count). The molecule has 4 fully saturated rings. The van der Waals surface area contributed by atoms with Gasteiger partial charge in [0.2, 0.25) is 18.6 Å². The number of hydrogen-bond acceptors (Lipinski definition) is 6. The molecule has 36 heavy (non-hydrogen) atoms. The molecule has 5 aliphatic rings. The number of nitrogens with zero attached hydrogens (tertiary/aromatic N) is 3. The van der Waals surface area contributed by atoms with Crippen LogP contribution in [0.2, 0.25) is 0 Å². The van der Waals surface area contributed by atoms with E-state index in [1.165, 1.54) is 37.7 Å². The summed E-state index contributed by atoms with van der Waals surface area (Å²) in [6.07, 6.45) is 9.48. The van der Waals surface area contributed by atoms with Crippen molar-refractivity contribution in [2.24, 2.45) is 5.92 Å². The molecule has 2 amide bonds. The molecule has 1 spiro atoms. The number of rotatable bonds is 5. The molecule has 4 aliphatic heterocycles. The number of piperidine rings is 1. The van der Waals surface area contributed by atoms with E-state index in [0.717, 1.165) is 62.9 Å². The van der Waals surface area contributed by atoms with Gasteiger partial charge >= 0.3 is 0 Å². The molecule has 1 saturated carbocycles. The first-order chi connectivity index (χ1) is 17.5. The van der Waals surface area contributed by atoms with E-state index in [2.05, 4.69) is 34.3 Å². The minimum Gasteiger partial charge on any atom is -0.454 e. The highest BCUT2D eigenvalue weighted by Gasteiger charge is 2.49. The van der Waals surface area contributed by atoms with Gasteiger partial charge in [-0.25, -0.2) is 0 Å². The second-order valence-electron chi connectivity index (χ2n) is 11.8. The first-order valence-corrected chi connectivity index (χ1v) is 13.9. The molecule has 0 bridgehead atoms. The minimum absolute atomic E-state index is 0.0543. The molecule has 0 radical (unpaired) electrons. The standard InChI is InChI=1S/C28H40N4O4/c1-30(16-20-5-3-2-4-6-20)22-14-23-27(34)29-28(15-26(33)32(23)18-22)9-11-31(12-10-28)17-21-7-8-24-25(13-21)36-19-35-24/h7-8,13,20,22-23H,2-6,9-12,14-19H2,1H3,(H,29,34)/t22-,23-/m0/s1. The van der Waals surface area contributed by atoms with Crippen LogP contribution in [0.4, 0.5) is 0 Å². The molecular formula is C28H40N4O4. The number of likely N-dealkylation sites (tertiary alicyclic amines) is 1. The fourth-order valence-electron chi connectivity index (χ4n) is 7.10. The largest absolute Gasteiger partial charge is 0.454 e. The second-order valence-corrected chi connectivity index (χ2v) is 11.8. The zero-order valence-electron chi connectivity index (χ0n) is 21.5. The molecule has 0 aromatic heterocycles. The summed E-state index contributed by atoms with van der Waals surface area (Å²) in [5, 5.41) is 3.37. The lowest BCUT2D eigenvalue weighted by molar-refractivity contribution is -0.135. The number of benzene rings is 1. The zero-order valence-corrected chi connectivity index (χ0v) is 21.5. The average molecular weight is 497 g/mol. The maximum absolute atomic E-state index is 13.4. The first kappa shape index (κ1) is 24.0. The molecule has 2 atom stereocenters. The van der Waals surface area contributed by atoms with Crippen molar-refractivity contribution < 1.29 is 19.1 Å². The molecule has 1 aromatic rings. The van der Waals surface area contributed by atoms with Crippen LogP contribution >= 0.6 is 0 Å². The van der Waals surface area contributed by atoms with Gasteiger partial charge < -0.3 is 24.6 Å². The monoisotopic (exact) mass is 496 g/mol.